The average Bonchev–Trinajstić information content (AvgIpc) is 3.31. The molecular formula is C17H23N5O10. The summed E-state index contributed by atoms with van der Waals surface area (Å²) in [5, 5.41) is 57.4. The Hall–Kier alpha value is -2.50. The lowest BCUT2D eigenvalue weighted by molar-refractivity contribution is -0.273. The number of rotatable bonds is 6. The molecule has 0 radical (unpaired) electrons. The molecule has 0 unspecified atom stereocenters. The maximum Gasteiger partial charge on any atom is 0.330 e. The van der Waals surface area contributed by atoms with Gasteiger partial charge in [-0.1, -0.05) is 5.21 Å². The molecule has 0 aliphatic carbocycles. The Kier molecular flexibility index (Phi) is 6.50. The van der Waals surface area contributed by atoms with Crippen LogP contribution in [0.5, 0.6) is 0 Å². The first-order chi connectivity index (χ1) is 15.2. The number of H-pyrrole nitrogens is 1. The minimum absolute atomic E-state index is 0.0205. The summed E-state index contributed by atoms with van der Waals surface area (Å²) in [6.45, 7) is -0.349. The van der Waals surface area contributed by atoms with Gasteiger partial charge < -0.3 is 39.7 Å². The fourth-order valence-corrected chi connectivity index (χ4v) is 3.51. The number of aliphatic hydroxyl groups excluding tert-OH is 5. The molecular weight excluding hydrogens is 434 g/mol. The van der Waals surface area contributed by atoms with E-state index in [1.165, 1.54) is 10.9 Å². The molecule has 2 aromatic rings. The van der Waals surface area contributed by atoms with Crippen LogP contribution in [-0.4, -0.2) is 99.6 Å². The lowest BCUT2D eigenvalue weighted by Crippen LogP contribution is -2.53. The molecule has 6 N–H and O–H groups in total. The van der Waals surface area contributed by atoms with Crippen molar-refractivity contribution in [1.82, 2.24) is 24.5 Å². The number of nitrogens with zero attached hydrogens (tertiary/aromatic N) is 4. The van der Waals surface area contributed by atoms with Crippen molar-refractivity contribution in [1.29, 1.82) is 0 Å². The molecule has 4 rings (SSSR count). The highest BCUT2D eigenvalue weighted by Crippen LogP contribution is 2.29. The van der Waals surface area contributed by atoms with Gasteiger partial charge in [0.05, 0.1) is 26.0 Å². The SMILES string of the molecule is O=c1ccn([C@@H]2O[C@H](Cn3cc(CO[C@@H]4OC[C@@H](O)[C@H](O)[C@H]4O)nn3)[C@@H](O)[C@H]2O)c(=O)[nH]1. The predicted octanol–water partition coefficient (Wildman–Crippen LogP) is -4.60. The van der Waals surface area contributed by atoms with Gasteiger partial charge in [-0.05, 0) is 0 Å². The van der Waals surface area contributed by atoms with E-state index in [1.807, 2.05) is 4.98 Å². The molecule has 2 fully saturated rings. The third-order valence-electron chi connectivity index (χ3n) is 5.27. The molecule has 176 valence electrons. The van der Waals surface area contributed by atoms with Gasteiger partial charge >= 0.3 is 5.69 Å². The van der Waals surface area contributed by atoms with Crippen molar-refractivity contribution < 1.29 is 39.7 Å². The number of nitrogens with one attached hydrogen (secondary N) is 1. The molecule has 0 bridgehead atoms. The highest BCUT2D eigenvalue weighted by molar-refractivity contribution is 4.95. The van der Waals surface area contributed by atoms with Gasteiger partial charge in [0.2, 0.25) is 0 Å². The van der Waals surface area contributed by atoms with Gasteiger partial charge in [-0.3, -0.25) is 14.3 Å². The number of aromatic nitrogens is 5. The van der Waals surface area contributed by atoms with E-state index in [0.29, 0.717) is 5.69 Å². The van der Waals surface area contributed by atoms with Gasteiger partial charge in [-0.15, -0.1) is 5.10 Å². The zero-order valence-corrected chi connectivity index (χ0v) is 16.5. The van der Waals surface area contributed by atoms with E-state index in [4.69, 9.17) is 14.2 Å². The van der Waals surface area contributed by atoms with Crippen molar-refractivity contribution in [3.05, 3.63) is 45.0 Å². The summed E-state index contributed by atoms with van der Waals surface area (Å²) in [5.74, 6) is 0. The van der Waals surface area contributed by atoms with Crippen LogP contribution < -0.4 is 11.2 Å². The fourth-order valence-electron chi connectivity index (χ4n) is 3.51. The molecule has 8 atom stereocenters. The summed E-state index contributed by atoms with van der Waals surface area (Å²) in [7, 11) is 0. The molecule has 32 heavy (non-hydrogen) atoms. The second-order valence-electron chi connectivity index (χ2n) is 7.56. The van der Waals surface area contributed by atoms with Crippen molar-refractivity contribution >= 4 is 0 Å². The van der Waals surface area contributed by atoms with Gasteiger partial charge in [0.25, 0.3) is 5.56 Å². The summed E-state index contributed by atoms with van der Waals surface area (Å²) in [6.07, 6.45) is -7.51. The molecule has 0 spiro atoms. The summed E-state index contributed by atoms with van der Waals surface area (Å²) >= 11 is 0. The largest absolute Gasteiger partial charge is 0.388 e. The Morgan fingerprint density at radius 3 is 2.66 bits per heavy atom. The van der Waals surface area contributed by atoms with Crippen LogP contribution in [0.15, 0.2) is 28.0 Å². The fraction of sp³-hybridized carbons (Fsp3) is 0.647. The number of hydrogen-bond acceptors (Lipinski definition) is 12. The average molecular weight is 457 g/mol. The third kappa shape index (κ3) is 4.50. The van der Waals surface area contributed by atoms with Crippen molar-refractivity contribution in [3.63, 3.8) is 0 Å². The van der Waals surface area contributed by atoms with Crippen LogP contribution in [-0.2, 0) is 27.4 Å². The van der Waals surface area contributed by atoms with Crippen LogP contribution in [0.2, 0.25) is 0 Å². The van der Waals surface area contributed by atoms with E-state index in [1.54, 1.807) is 0 Å². The van der Waals surface area contributed by atoms with Crippen molar-refractivity contribution in [3.8, 4) is 0 Å². The molecule has 2 aliphatic rings. The Morgan fingerprint density at radius 1 is 1.12 bits per heavy atom. The van der Waals surface area contributed by atoms with Gasteiger partial charge in [-0.2, -0.15) is 0 Å². The molecule has 15 nitrogen and oxygen atoms in total. The Balaban J connectivity index is 1.36. The summed E-state index contributed by atoms with van der Waals surface area (Å²) in [6, 6.07) is 1.09. The highest BCUT2D eigenvalue weighted by Gasteiger charge is 2.44. The Bertz CT molecular complexity index is 1040. The van der Waals surface area contributed by atoms with E-state index in [0.717, 1.165) is 16.8 Å². The molecule has 0 saturated carbocycles. The van der Waals surface area contributed by atoms with E-state index >= 15 is 0 Å². The monoisotopic (exact) mass is 457 g/mol. The zero-order valence-electron chi connectivity index (χ0n) is 16.5. The van der Waals surface area contributed by atoms with Crippen molar-refractivity contribution in [2.45, 2.75) is 62.3 Å². The van der Waals surface area contributed by atoms with Crippen molar-refractivity contribution in [2.75, 3.05) is 6.61 Å². The Morgan fingerprint density at radius 2 is 1.91 bits per heavy atom. The first-order valence-electron chi connectivity index (χ1n) is 9.74. The highest BCUT2D eigenvalue weighted by atomic mass is 16.7. The lowest BCUT2D eigenvalue weighted by Gasteiger charge is -2.34. The second-order valence-corrected chi connectivity index (χ2v) is 7.56. The first-order valence-corrected chi connectivity index (χ1v) is 9.74. The number of hydrogen-bond donors (Lipinski definition) is 6. The van der Waals surface area contributed by atoms with E-state index in [2.05, 4.69) is 10.3 Å². The molecule has 0 aromatic carbocycles. The maximum absolute atomic E-state index is 11.9. The maximum atomic E-state index is 11.9. The molecule has 2 aliphatic heterocycles. The minimum atomic E-state index is -1.44. The van der Waals surface area contributed by atoms with Crippen LogP contribution >= 0.6 is 0 Å². The summed E-state index contributed by atoms with van der Waals surface area (Å²) < 4.78 is 18.4. The lowest BCUT2D eigenvalue weighted by atomic mass is 10.1. The number of ether oxygens (including phenoxy) is 3. The summed E-state index contributed by atoms with van der Waals surface area (Å²) in [4.78, 5) is 25.2. The quantitative estimate of drug-likeness (QED) is 0.242. The van der Waals surface area contributed by atoms with Gasteiger partial charge in [0.15, 0.2) is 12.5 Å². The Labute approximate surface area is 179 Å². The molecule has 0 amide bonds. The normalized spacial score (nSPS) is 35.3. The first kappa shape index (κ1) is 22.7. The number of aromatic amines is 1. The van der Waals surface area contributed by atoms with E-state index < -0.39 is 60.4 Å². The van der Waals surface area contributed by atoms with Gasteiger partial charge in [0, 0.05) is 12.3 Å². The zero-order chi connectivity index (χ0) is 23.0. The standard InChI is InChI=1S/C17H23N5O10/c23-8-6-31-16(14(28)11(8)25)30-5-7-3-21(20-19-7)4-9-12(26)13(27)15(32-9)22-2-1-10(24)18-17(22)29/h1-3,8-9,11-16,23,25-28H,4-6H2,(H,18,24,29)/t8-,9-,11+,12-,13-,14-,15-,16-/m1/s1. The molecule has 4 heterocycles. The molecule has 2 aromatic heterocycles. The second kappa shape index (κ2) is 9.16. The summed E-state index contributed by atoms with van der Waals surface area (Å²) in [5.41, 5.74) is -1.06. The number of aliphatic hydroxyl groups is 5. The van der Waals surface area contributed by atoms with Crippen LogP contribution in [0, 0.1) is 0 Å². The van der Waals surface area contributed by atoms with Gasteiger partial charge in [-0.25, -0.2) is 9.48 Å². The predicted molar refractivity (Wildman–Crippen MR) is 99.8 cm³/mol. The van der Waals surface area contributed by atoms with E-state index in [-0.39, 0.29) is 19.8 Å². The van der Waals surface area contributed by atoms with Crippen LogP contribution in [0.1, 0.15) is 11.9 Å². The smallest absolute Gasteiger partial charge is 0.330 e. The van der Waals surface area contributed by atoms with E-state index in [9.17, 15) is 35.1 Å². The minimum Gasteiger partial charge on any atom is -0.388 e. The third-order valence-corrected chi connectivity index (χ3v) is 5.27. The van der Waals surface area contributed by atoms with Crippen LogP contribution in [0.4, 0.5) is 0 Å². The topological polar surface area (TPSA) is 214 Å². The van der Waals surface area contributed by atoms with Crippen LogP contribution in [0.25, 0.3) is 0 Å². The molecule has 2 saturated heterocycles. The van der Waals surface area contributed by atoms with Crippen LogP contribution in [0.3, 0.4) is 0 Å². The molecule has 15 heteroatoms. The van der Waals surface area contributed by atoms with Gasteiger partial charge in [0.1, 0.15) is 42.3 Å². The van der Waals surface area contributed by atoms with Crippen molar-refractivity contribution in [2.24, 2.45) is 0 Å².